The van der Waals surface area contributed by atoms with E-state index in [0.29, 0.717) is 16.8 Å². The average Bonchev–Trinajstić information content (AvgIpc) is 3.04. The summed E-state index contributed by atoms with van der Waals surface area (Å²) in [6, 6.07) is 13.0. The standard InChI is InChI=1S/C20H17N3O4/c1-3-27-20(25)15-10-16-18(22-19(15)24)23-11-13(6-9-17(23)21-16)12-4-7-14(26-2)8-5-12/h4-11H,3H2,1-2H3,(H,22,24). The van der Waals surface area contributed by atoms with Crippen LogP contribution in [0.3, 0.4) is 0 Å². The molecule has 27 heavy (non-hydrogen) atoms. The molecule has 4 aromatic rings. The quantitative estimate of drug-likeness (QED) is 0.563. The molecule has 0 saturated heterocycles. The van der Waals surface area contributed by atoms with Crippen molar-refractivity contribution in [2.24, 2.45) is 0 Å². The molecule has 1 N–H and O–H groups in total. The summed E-state index contributed by atoms with van der Waals surface area (Å²) in [6.45, 7) is 1.89. The maximum atomic E-state index is 12.3. The third-order valence-corrected chi connectivity index (χ3v) is 4.32. The first-order chi connectivity index (χ1) is 13.1. The lowest BCUT2D eigenvalue weighted by atomic mass is 10.1. The zero-order valence-electron chi connectivity index (χ0n) is 14.9. The van der Waals surface area contributed by atoms with Crippen molar-refractivity contribution in [3.05, 3.63) is 64.6 Å². The summed E-state index contributed by atoms with van der Waals surface area (Å²) in [5, 5.41) is 0. The molecule has 136 valence electrons. The SMILES string of the molecule is CCOC(=O)c1cc2nc3ccc(-c4ccc(OC)cc4)cn3c2[nH]c1=O. The molecule has 0 unspecified atom stereocenters. The molecular weight excluding hydrogens is 346 g/mol. The van der Waals surface area contributed by atoms with E-state index in [2.05, 4.69) is 9.97 Å². The fourth-order valence-electron chi connectivity index (χ4n) is 2.98. The Bertz CT molecular complexity index is 1210. The van der Waals surface area contributed by atoms with Crippen LogP contribution in [-0.4, -0.2) is 34.1 Å². The first-order valence-corrected chi connectivity index (χ1v) is 8.47. The second-order valence-electron chi connectivity index (χ2n) is 5.95. The number of aromatic nitrogens is 3. The number of benzene rings is 1. The van der Waals surface area contributed by atoms with Crippen molar-refractivity contribution in [3.8, 4) is 16.9 Å². The van der Waals surface area contributed by atoms with E-state index in [1.165, 1.54) is 6.07 Å². The second kappa shape index (κ2) is 6.60. The van der Waals surface area contributed by atoms with Crippen LogP contribution in [0.4, 0.5) is 0 Å². The molecule has 3 heterocycles. The predicted octanol–water partition coefficient (Wildman–Crippen LogP) is 3.03. The van der Waals surface area contributed by atoms with Gasteiger partial charge in [0.2, 0.25) is 0 Å². The van der Waals surface area contributed by atoms with Crippen molar-refractivity contribution in [1.29, 1.82) is 0 Å². The van der Waals surface area contributed by atoms with Crippen molar-refractivity contribution >= 4 is 22.8 Å². The van der Waals surface area contributed by atoms with Crippen molar-refractivity contribution < 1.29 is 14.3 Å². The average molecular weight is 363 g/mol. The Morgan fingerprint density at radius 3 is 2.59 bits per heavy atom. The summed E-state index contributed by atoms with van der Waals surface area (Å²) in [6.07, 6.45) is 1.90. The lowest BCUT2D eigenvalue weighted by Gasteiger charge is -2.05. The third-order valence-electron chi connectivity index (χ3n) is 4.32. The molecule has 0 aliphatic rings. The number of nitrogens with one attached hydrogen (secondary N) is 1. The normalized spacial score (nSPS) is 11.0. The molecule has 7 heteroatoms. The molecule has 7 nitrogen and oxygen atoms in total. The Hall–Kier alpha value is -3.61. The number of pyridine rings is 2. The van der Waals surface area contributed by atoms with Crippen LogP contribution in [0.2, 0.25) is 0 Å². The molecule has 0 amide bonds. The fourth-order valence-corrected chi connectivity index (χ4v) is 2.98. The van der Waals surface area contributed by atoms with Gasteiger partial charge in [0.25, 0.3) is 5.56 Å². The van der Waals surface area contributed by atoms with E-state index in [4.69, 9.17) is 9.47 Å². The van der Waals surface area contributed by atoms with Gasteiger partial charge in [-0.25, -0.2) is 9.78 Å². The van der Waals surface area contributed by atoms with Crippen LogP contribution >= 0.6 is 0 Å². The number of nitrogens with zero attached hydrogens (tertiary/aromatic N) is 2. The van der Waals surface area contributed by atoms with Gasteiger partial charge in [0.05, 0.1) is 13.7 Å². The summed E-state index contributed by atoms with van der Waals surface area (Å²) in [4.78, 5) is 31.5. The molecule has 1 aromatic carbocycles. The summed E-state index contributed by atoms with van der Waals surface area (Å²) in [5.41, 5.74) is 3.12. The highest BCUT2D eigenvalue weighted by atomic mass is 16.5. The van der Waals surface area contributed by atoms with Crippen LogP contribution in [0.25, 0.3) is 27.9 Å². The van der Waals surface area contributed by atoms with E-state index >= 15 is 0 Å². The van der Waals surface area contributed by atoms with Gasteiger partial charge in [0.1, 0.15) is 28.1 Å². The monoisotopic (exact) mass is 363 g/mol. The van der Waals surface area contributed by atoms with Gasteiger partial charge in [-0.1, -0.05) is 12.1 Å². The van der Waals surface area contributed by atoms with Crippen LogP contribution in [-0.2, 0) is 4.74 Å². The molecule has 0 aliphatic heterocycles. The lowest BCUT2D eigenvalue weighted by Crippen LogP contribution is -2.19. The Morgan fingerprint density at radius 2 is 1.89 bits per heavy atom. The number of rotatable bonds is 4. The van der Waals surface area contributed by atoms with Crippen molar-refractivity contribution in [2.75, 3.05) is 13.7 Å². The van der Waals surface area contributed by atoms with Crippen LogP contribution in [0.5, 0.6) is 5.75 Å². The van der Waals surface area contributed by atoms with Gasteiger partial charge in [-0.2, -0.15) is 0 Å². The fraction of sp³-hybridized carbons (Fsp3) is 0.150. The largest absolute Gasteiger partial charge is 0.497 e. The highest BCUT2D eigenvalue weighted by Gasteiger charge is 2.16. The highest BCUT2D eigenvalue weighted by molar-refractivity contribution is 5.93. The van der Waals surface area contributed by atoms with Gasteiger partial charge in [-0.3, -0.25) is 9.20 Å². The Kier molecular flexibility index (Phi) is 4.12. The number of methoxy groups -OCH3 is 1. The van der Waals surface area contributed by atoms with Crippen LogP contribution < -0.4 is 10.3 Å². The molecule has 3 aromatic heterocycles. The van der Waals surface area contributed by atoms with Gasteiger partial charge >= 0.3 is 5.97 Å². The van der Waals surface area contributed by atoms with E-state index in [9.17, 15) is 9.59 Å². The number of aromatic amines is 1. The summed E-state index contributed by atoms with van der Waals surface area (Å²) >= 11 is 0. The number of imidazole rings is 1. The van der Waals surface area contributed by atoms with Gasteiger partial charge < -0.3 is 14.5 Å². The molecule has 0 radical (unpaired) electrons. The number of esters is 1. The smallest absolute Gasteiger partial charge is 0.343 e. The van der Waals surface area contributed by atoms with Gasteiger partial charge in [0.15, 0.2) is 0 Å². The topological polar surface area (TPSA) is 85.7 Å². The maximum Gasteiger partial charge on any atom is 0.343 e. The third kappa shape index (κ3) is 2.93. The minimum absolute atomic E-state index is 0.0527. The maximum absolute atomic E-state index is 12.3. The Balaban J connectivity index is 1.85. The minimum Gasteiger partial charge on any atom is -0.497 e. The van der Waals surface area contributed by atoms with Crippen molar-refractivity contribution in [2.45, 2.75) is 6.92 Å². The van der Waals surface area contributed by atoms with Crippen LogP contribution in [0.1, 0.15) is 17.3 Å². The van der Waals surface area contributed by atoms with Crippen molar-refractivity contribution in [3.63, 3.8) is 0 Å². The van der Waals surface area contributed by atoms with Crippen LogP contribution in [0, 0.1) is 0 Å². The number of H-pyrrole nitrogens is 1. The van der Waals surface area contributed by atoms with E-state index in [-0.39, 0.29) is 12.2 Å². The number of fused-ring (bicyclic) bond motifs is 3. The predicted molar refractivity (Wildman–Crippen MR) is 101 cm³/mol. The summed E-state index contributed by atoms with van der Waals surface area (Å²) in [5.74, 6) is 0.125. The Morgan fingerprint density at radius 1 is 1.15 bits per heavy atom. The number of carbonyl (C=O) groups is 1. The van der Waals surface area contributed by atoms with Gasteiger partial charge in [-0.05, 0) is 48.4 Å². The van der Waals surface area contributed by atoms with E-state index < -0.39 is 11.5 Å². The minimum atomic E-state index is -0.656. The van der Waals surface area contributed by atoms with E-state index in [1.807, 2.05) is 42.6 Å². The first kappa shape index (κ1) is 16.8. The number of carbonyl (C=O) groups excluding carboxylic acids is 1. The molecular formula is C20H17N3O4. The first-order valence-electron chi connectivity index (χ1n) is 8.47. The van der Waals surface area contributed by atoms with Gasteiger partial charge in [-0.15, -0.1) is 0 Å². The molecule has 0 fully saturated rings. The van der Waals surface area contributed by atoms with Gasteiger partial charge in [0, 0.05) is 6.20 Å². The van der Waals surface area contributed by atoms with Crippen LogP contribution in [0.15, 0.2) is 53.5 Å². The zero-order valence-corrected chi connectivity index (χ0v) is 14.9. The number of hydrogen-bond donors (Lipinski definition) is 1. The molecule has 4 rings (SSSR count). The zero-order chi connectivity index (χ0) is 19.0. The Labute approximate surface area is 154 Å². The molecule has 0 spiro atoms. The number of hydrogen-bond acceptors (Lipinski definition) is 5. The molecule has 0 saturated carbocycles. The summed E-state index contributed by atoms with van der Waals surface area (Å²) in [7, 11) is 1.62. The van der Waals surface area contributed by atoms with E-state index in [0.717, 1.165) is 16.9 Å². The number of ether oxygens (including phenoxy) is 2. The lowest BCUT2D eigenvalue weighted by molar-refractivity contribution is 0.0524. The second-order valence-corrected chi connectivity index (χ2v) is 5.95. The molecule has 0 atom stereocenters. The molecule has 0 bridgehead atoms. The molecule has 0 aliphatic carbocycles. The summed E-state index contributed by atoms with van der Waals surface area (Å²) < 4.78 is 11.9. The van der Waals surface area contributed by atoms with Crippen molar-refractivity contribution in [1.82, 2.24) is 14.4 Å². The highest BCUT2D eigenvalue weighted by Crippen LogP contribution is 2.24. The van der Waals surface area contributed by atoms with E-state index in [1.54, 1.807) is 18.4 Å².